The van der Waals surface area contributed by atoms with E-state index in [9.17, 15) is 4.79 Å². The van der Waals surface area contributed by atoms with E-state index in [1.807, 2.05) is 41.3 Å². The molecule has 3 aromatic rings. The van der Waals surface area contributed by atoms with E-state index in [-0.39, 0.29) is 12.5 Å². The number of rotatable bonds is 3. The van der Waals surface area contributed by atoms with Crippen LogP contribution in [0.2, 0.25) is 0 Å². The lowest BCUT2D eigenvalue weighted by atomic mass is 10.0. The topological polar surface area (TPSA) is 45.3 Å². The molecule has 1 N–H and O–H groups in total. The molecule has 0 radical (unpaired) electrons. The Bertz CT molecular complexity index is 903. The summed E-state index contributed by atoms with van der Waals surface area (Å²) in [5.41, 5.74) is 3.63. The second kappa shape index (κ2) is 6.47. The summed E-state index contributed by atoms with van der Waals surface area (Å²) in [5.74, 6) is 0.768. The number of halogens is 1. The molecule has 5 heteroatoms. The average Bonchev–Trinajstić information content (AvgIpc) is 2.97. The lowest BCUT2D eigenvalue weighted by Gasteiger charge is -2.27. The van der Waals surface area contributed by atoms with Gasteiger partial charge in [-0.3, -0.25) is 4.79 Å². The van der Waals surface area contributed by atoms with Crippen LogP contribution in [-0.2, 0) is 17.8 Å². The van der Waals surface area contributed by atoms with Crippen molar-refractivity contribution in [3.63, 3.8) is 0 Å². The number of carbonyl (C=O) groups excluding carboxylic acids is 1. The Kier molecular flexibility index (Phi) is 4.18. The number of benzene rings is 2. The first kappa shape index (κ1) is 15.5. The molecule has 1 aliphatic heterocycles. The number of para-hydroxylation sites is 1. The number of H-pyrrole nitrogens is 1. The van der Waals surface area contributed by atoms with Gasteiger partial charge in [0.05, 0.1) is 0 Å². The number of ether oxygens (including phenoxy) is 1. The van der Waals surface area contributed by atoms with Gasteiger partial charge in [0.1, 0.15) is 5.75 Å². The molecule has 1 amide bonds. The van der Waals surface area contributed by atoms with Crippen LogP contribution in [0.5, 0.6) is 5.75 Å². The molecule has 4 rings (SSSR count). The van der Waals surface area contributed by atoms with Crippen molar-refractivity contribution in [2.75, 3.05) is 13.2 Å². The smallest absolute Gasteiger partial charge is 0.260 e. The average molecular weight is 432 g/mol. The van der Waals surface area contributed by atoms with Gasteiger partial charge in [-0.25, -0.2) is 0 Å². The van der Waals surface area contributed by atoms with Crippen LogP contribution in [0, 0.1) is 3.57 Å². The van der Waals surface area contributed by atoms with Crippen LogP contribution in [0.15, 0.2) is 48.5 Å². The summed E-state index contributed by atoms with van der Waals surface area (Å²) in [4.78, 5) is 17.9. The van der Waals surface area contributed by atoms with Crippen LogP contribution in [0.25, 0.3) is 10.9 Å². The second-order valence-electron chi connectivity index (χ2n) is 5.94. The Balaban J connectivity index is 1.47. The largest absolute Gasteiger partial charge is 0.484 e. The predicted molar refractivity (Wildman–Crippen MR) is 102 cm³/mol. The van der Waals surface area contributed by atoms with E-state index in [0.717, 1.165) is 27.8 Å². The summed E-state index contributed by atoms with van der Waals surface area (Å²) in [6, 6.07) is 16.0. The van der Waals surface area contributed by atoms with Gasteiger partial charge in [-0.05, 0) is 46.9 Å². The summed E-state index contributed by atoms with van der Waals surface area (Å²) >= 11 is 2.23. The van der Waals surface area contributed by atoms with Crippen molar-refractivity contribution >= 4 is 39.4 Å². The van der Waals surface area contributed by atoms with E-state index < -0.39 is 0 Å². The zero-order valence-electron chi connectivity index (χ0n) is 13.1. The van der Waals surface area contributed by atoms with Gasteiger partial charge in [-0.15, -0.1) is 0 Å². The standard InChI is InChI=1S/C19H17IN2O2/c20-13-4-3-5-14(10-13)24-12-19(23)22-9-8-18-16(11-22)15-6-1-2-7-17(15)21-18/h1-7,10,21H,8-9,11-12H2. The maximum absolute atomic E-state index is 12.5. The Labute approximate surface area is 153 Å². The number of hydrogen-bond donors (Lipinski definition) is 1. The van der Waals surface area contributed by atoms with Crippen LogP contribution in [0.3, 0.4) is 0 Å². The first-order valence-corrected chi connectivity index (χ1v) is 9.03. The number of aromatic nitrogens is 1. The third kappa shape index (κ3) is 3.00. The number of fused-ring (bicyclic) bond motifs is 3. The van der Waals surface area contributed by atoms with Crippen molar-refractivity contribution in [1.29, 1.82) is 0 Å². The van der Waals surface area contributed by atoms with Crippen molar-refractivity contribution in [2.24, 2.45) is 0 Å². The molecule has 122 valence electrons. The van der Waals surface area contributed by atoms with Crippen LogP contribution in [-0.4, -0.2) is 28.9 Å². The fourth-order valence-corrected chi connectivity index (χ4v) is 3.69. The molecule has 0 bridgehead atoms. The zero-order valence-corrected chi connectivity index (χ0v) is 15.2. The fraction of sp³-hybridized carbons (Fsp3) is 0.211. The van der Waals surface area contributed by atoms with Gasteiger partial charge in [0.25, 0.3) is 5.91 Å². The Morgan fingerprint density at radius 1 is 1.21 bits per heavy atom. The van der Waals surface area contributed by atoms with Crippen molar-refractivity contribution < 1.29 is 9.53 Å². The molecule has 0 aliphatic carbocycles. The first-order chi connectivity index (χ1) is 11.7. The molecular formula is C19H17IN2O2. The van der Waals surface area contributed by atoms with Crippen molar-refractivity contribution in [3.8, 4) is 5.75 Å². The quantitative estimate of drug-likeness (QED) is 0.642. The van der Waals surface area contributed by atoms with Gasteiger partial charge in [0, 0.05) is 45.2 Å². The monoisotopic (exact) mass is 432 g/mol. The minimum atomic E-state index is 0.0322. The van der Waals surface area contributed by atoms with Gasteiger partial charge in [0.15, 0.2) is 6.61 Å². The number of carbonyl (C=O) groups is 1. The molecule has 0 saturated carbocycles. The van der Waals surface area contributed by atoms with Gasteiger partial charge >= 0.3 is 0 Å². The van der Waals surface area contributed by atoms with E-state index in [1.165, 1.54) is 16.6 Å². The first-order valence-electron chi connectivity index (χ1n) is 7.95. The summed E-state index contributed by atoms with van der Waals surface area (Å²) in [5, 5.41) is 1.21. The molecule has 0 atom stereocenters. The minimum absolute atomic E-state index is 0.0322. The number of hydrogen-bond acceptors (Lipinski definition) is 2. The number of aromatic amines is 1. The molecule has 1 aromatic heterocycles. The van der Waals surface area contributed by atoms with Crippen molar-refractivity contribution in [1.82, 2.24) is 9.88 Å². The van der Waals surface area contributed by atoms with Gasteiger partial charge < -0.3 is 14.6 Å². The third-order valence-electron chi connectivity index (χ3n) is 4.39. The van der Waals surface area contributed by atoms with Crippen LogP contribution < -0.4 is 4.74 Å². The lowest BCUT2D eigenvalue weighted by Crippen LogP contribution is -2.38. The summed E-state index contributed by atoms with van der Waals surface area (Å²) < 4.78 is 6.75. The molecule has 0 fully saturated rings. The van der Waals surface area contributed by atoms with Crippen molar-refractivity contribution in [3.05, 3.63) is 63.4 Å². The van der Waals surface area contributed by atoms with Gasteiger partial charge in [-0.1, -0.05) is 24.3 Å². The molecule has 24 heavy (non-hydrogen) atoms. The van der Waals surface area contributed by atoms with E-state index in [0.29, 0.717) is 6.54 Å². The van der Waals surface area contributed by atoms with Crippen LogP contribution in [0.1, 0.15) is 11.3 Å². The second-order valence-corrected chi connectivity index (χ2v) is 7.18. The summed E-state index contributed by atoms with van der Waals surface area (Å²) in [6.45, 7) is 1.46. The number of amides is 1. The highest BCUT2D eigenvalue weighted by Gasteiger charge is 2.24. The normalized spacial score (nSPS) is 13.8. The maximum Gasteiger partial charge on any atom is 0.260 e. The summed E-state index contributed by atoms with van der Waals surface area (Å²) in [7, 11) is 0. The van der Waals surface area contributed by atoms with E-state index >= 15 is 0 Å². The van der Waals surface area contributed by atoms with Gasteiger partial charge in [-0.2, -0.15) is 0 Å². The molecule has 4 nitrogen and oxygen atoms in total. The Morgan fingerprint density at radius 3 is 2.96 bits per heavy atom. The van der Waals surface area contributed by atoms with Crippen molar-refractivity contribution in [2.45, 2.75) is 13.0 Å². The maximum atomic E-state index is 12.5. The molecule has 0 unspecified atom stereocenters. The third-order valence-corrected chi connectivity index (χ3v) is 5.06. The molecule has 0 saturated heterocycles. The summed E-state index contributed by atoms with van der Waals surface area (Å²) in [6.07, 6.45) is 0.860. The highest BCUT2D eigenvalue weighted by molar-refractivity contribution is 14.1. The number of nitrogens with zero attached hydrogens (tertiary/aromatic N) is 1. The molecule has 0 spiro atoms. The SMILES string of the molecule is O=C(COc1cccc(I)c1)N1CCc2[nH]c3ccccc3c2C1. The molecule has 2 heterocycles. The van der Waals surface area contributed by atoms with Crippen LogP contribution in [0.4, 0.5) is 0 Å². The Morgan fingerprint density at radius 2 is 2.08 bits per heavy atom. The Hall–Kier alpha value is -2.02. The lowest BCUT2D eigenvalue weighted by molar-refractivity contribution is -0.134. The van der Waals surface area contributed by atoms with Gasteiger partial charge in [0.2, 0.25) is 0 Å². The number of nitrogens with one attached hydrogen (secondary N) is 1. The molecular weight excluding hydrogens is 415 g/mol. The van der Waals surface area contributed by atoms with E-state index in [1.54, 1.807) is 0 Å². The predicted octanol–water partition coefficient (Wildman–Crippen LogP) is 3.74. The molecule has 1 aliphatic rings. The van der Waals surface area contributed by atoms with E-state index in [2.05, 4.69) is 39.7 Å². The highest BCUT2D eigenvalue weighted by Crippen LogP contribution is 2.27. The minimum Gasteiger partial charge on any atom is -0.484 e. The van der Waals surface area contributed by atoms with Crippen LogP contribution >= 0.6 is 22.6 Å². The highest BCUT2D eigenvalue weighted by atomic mass is 127. The fourth-order valence-electron chi connectivity index (χ4n) is 3.17. The molecule has 2 aromatic carbocycles. The zero-order chi connectivity index (χ0) is 16.5. The van der Waals surface area contributed by atoms with E-state index in [4.69, 9.17) is 4.74 Å².